The molecule has 3 aromatic rings. The SMILES string of the molecule is O=C/C(=C/NCc1ccccc1)c1nc2cc(Cl)ccc2o1. The van der Waals surface area contributed by atoms with Crippen LogP contribution in [0, 0.1) is 0 Å². The summed E-state index contributed by atoms with van der Waals surface area (Å²) in [5.74, 6) is 0.271. The van der Waals surface area contributed by atoms with E-state index in [9.17, 15) is 4.79 Å². The van der Waals surface area contributed by atoms with E-state index in [1.165, 1.54) is 0 Å². The molecule has 0 aliphatic heterocycles. The second-order valence-corrected chi connectivity index (χ2v) is 5.15. The number of halogens is 1. The Morgan fingerprint density at radius 2 is 2.05 bits per heavy atom. The maximum absolute atomic E-state index is 11.3. The van der Waals surface area contributed by atoms with E-state index in [2.05, 4.69) is 10.3 Å². The highest BCUT2D eigenvalue weighted by atomic mass is 35.5. The van der Waals surface area contributed by atoms with Gasteiger partial charge in [0.25, 0.3) is 0 Å². The molecule has 0 amide bonds. The summed E-state index contributed by atoms with van der Waals surface area (Å²) >= 11 is 5.91. The Bertz CT molecular complexity index is 825. The van der Waals surface area contributed by atoms with Crippen LogP contribution in [0.4, 0.5) is 0 Å². The number of hydrogen-bond donors (Lipinski definition) is 1. The highest BCUT2D eigenvalue weighted by molar-refractivity contribution is 6.31. The third-order valence-corrected chi connectivity index (χ3v) is 3.37. The summed E-state index contributed by atoms with van der Waals surface area (Å²) in [5, 5.41) is 3.66. The highest BCUT2D eigenvalue weighted by Gasteiger charge is 2.10. The fourth-order valence-corrected chi connectivity index (χ4v) is 2.21. The lowest BCUT2D eigenvalue weighted by atomic mass is 10.2. The molecule has 0 unspecified atom stereocenters. The van der Waals surface area contributed by atoms with E-state index in [-0.39, 0.29) is 5.89 Å². The van der Waals surface area contributed by atoms with E-state index >= 15 is 0 Å². The maximum atomic E-state index is 11.3. The molecule has 0 atom stereocenters. The first-order valence-electron chi connectivity index (χ1n) is 6.75. The smallest absolute Gasteiger partial charge is 0.232 e. The number of oxazole rings is 1. The molecule has 110 valence electrons. The number of aromatic nitrogens is 1. The molecule has 0 fully saturated rings. The Labute approximate surface area is 132 Å². The summed E-state index contributed by atoms with van der Waals surface area (Å²) in [7, 11) is 0. The van der Waals surface area contributed by atoms with Crippen molar-refractivity contribution >= 4 is 34.6 Å². The molecule has 0 bridgehead atoms. The van der Waals surface area contributed by atoms with Gasteiger partial charge < -0.3 is 9.73 Å². The Morgan fingerprint density at radius 1 is 1.23 bits per heavy atom. The minimum Gasteiger partial charge on any atom is -0.436 e. The molecule has 4 nitrogen and oxygen atoms in total. The van der Waals surface area contributed by atoms with Crippen LogP contribution < -0.4 is 5.32 Å². The standard InChI is InChI=1S/C17H13ClN2O2/c18-14-6-7-16-15(8-14)20-17(22-16)13(11-21)10-19-9-12-4-2-1-3-5-12/h1-8,10-11,19H,9H2/b13-10-. The molecule has 1 N–H and O–H groups in total. The molecular formula is C17H13ClN2O2. The van der Waals surface area contributed by atoms with Gasteiger partial charge in [-0.3, -0.25) is 4.79 Å². The zero-order valence-corrected chi connectivity index (χ0v) is 12.4. The number of benzene rings is 2. The maximum Gasteiger partial charge on any atom is 0.232 e. The number of fused-ring (bicyclic) bond motifs is 1. The molecule has 5 heteroatoms. The summed E-state index contributed by atoms with van der Waals surface area (Å²) < 4.78 is 5.57. The Morgan fingerprint density at radius 3 is 2.82 bits per heavy atom. The highest BCUT2D eigenvalue weighted by Crippen LogP contribution is 2.22. The van der Waals surface area contributed by atoms with Crippen LogP contribution in [0.15, 0.2) is 59.1 Å². The quantitative estimate of drug-likeness (QED) is 0.575. The number of rotatable bonds is 5. The molecule has 0 saturated heterocycles. The van der Waals surface area contributed by atoms with Crippen molar-refractivity contribution < 1.29 is 9.21 Å². The van der Waals surface area contributed by atoms with Gasteiger partial charge in [0.1, 0.15) is 5.52 Å². The lowest BCUT2D eigenvalue weighted by molar-refractivity contribution is -0.103. The van der Waals surface area contributed by atoms with Gasteiger partial charge in [0, 0.05) is 17.8 Å². The number of aldehydes is 1. The number of carbonyl (C=O) groups excluding carboxylic acids is 1. The molecule has 2 aromatic carbocycles. The Kier molecular flexibility index (Phi) is 4.21. The number of carbonyl (C=O) groups is 1. The van der Waals surface area contributed by atoms with Crippen molar-refractivity contribution in [2.24, 2.45) is 0 Å². The number of hydrogen-bond acceptors (Lipinski definition) is 4. The topological polar surface area (TPSA) is 55.1 Å². The van der Waals surface area contributed by atoms with Crippen LogP contribution in [0.3, 0.4) is 0 Å². The van der Waals surface area contributed by atoms with Gasteiger partial charge in [-0.1, -0.05) is 41.9 Å². The first-order chi connectivity index (χ1) is 10.8. The van der Waals surface area contributed by atoms with Crippen LogP contribution in [-0.4, -0.2) is 11.3 Å². The van der Waals surface area contributed by atoms with Crippen molar-refractivity contribution in [3.8, 4) is 0 Å². The van der Waals surface area contributed by atoms with Gasteiger partial charge in [0.05, 0.1) is 5.57 Å². The molecule has 3 rings (SSSR count). The van der Waals surface area contributed by atoms with Crippen LogP contribution >= 0.6 is 11.6 Å². The molecule has 1 heterocycles. The predicted octanol–water partition coefficient (Wildman–Crippen LogP) is 3.81. The largest absolute Gasteiger partial charge is 0.436 e. The minimum atomic E-state index is 0.271. The lowest BCUT2D eigenvalue weighted by Crippen LogP contribution is -2.06. The van der Waals surface area contributed by atoms with Gasteiger partial charge in [-0.15, -0.1) is 0 Å². The van der Waals surface area contributed by atoms with E-state index in [1.807, 2.05) is 30.3 Å². The van der Waals surface area contributed by atoms with Gasteiger partial charge in [-0.25, -0.2) is 4.98 Å². The van der Waals surface area contributed by atoms with Crippen LogP contribution in [0.2, 0.25) is 5.02 Å². The van der Waals surface area contributed by atoms with Crippen molar-refractivity contribution in [2.75, 3.05) is 0 Å². The monoisotopic (exact) mass is 312 g/mol. The normalized spacial score (nSPS) is 11.6. The first-order valence-corrected chi connectivity index (χ1v) is 7.13. The number of allylic oxidation sites excluding steroid dienone is 1. The second-order valence-electron chi connectivity index (χ2n) is 4.72. The van der Waals surface area contributed by atoms with Gasteiger partial charge >= 0.3 is 0 Å². The molecule has 0 spiro atoms. The van der Waals surface area contributed by atoms with Gasteiger partial charge in [0.15, 0.2) is 11.9 Å². The number of nitrogens with one attached hydrogen (secondary N) is 1. The van der Waals surface area contributed by atoms with Gasteiger partial charge in [-0.05, 0) is 23.8 Å². The van der Waals surface area contributed by atoms with Crippen LogP contribution in [0.1, 0.15) is 11.5 Å². The zero-order chi connectivity index (χ0) is 15.4. The summed E-state index contributed by atoms with van der Waals surface area (Å²) in [4.78, 5) is 15.5. The molecule has 0 aliphatic carbocycles. The van der Waals surface area contributed by atoms with Crippen molar-refractivity contribution in [2.45, 2.75) is 6.54 Å². The Balaban J connectivity index is 1.79. The number of nitrogens with zero attached hydrogens (tertiary/aromatic N) is 1. The van der Waals surface area contributed by atoms with E-state index in [0.717, 1.165) is 5.56 Å². The lowest BCUT2D eigenvalue weighted by Gasteiger charge is -2.01. The van der Waals surface area contributed by atoms with Crippen LogP contribution in [-0.2, 0) is 11.3 Å². The summed E-state index contributed by atoms with van der Waals surface area (Å²) in [6, 6.07) is 15.0. The molecule has 0 saturated carbocycles. The van der Waals surface area contributed by atoms with E-state index < -0.39 is 0 Å². The average molecular weight is 313 g/mol. The third kappa shape index (κ3) is 3.18. The first kappa shape index (κ1) is 14.4. The molecule has 1 aromatic heterocycles. The second kappa shape index (κ2) is 6.45. The fraction of sp³-hybridized carbons (Fsp3) is 0.0588. The van der Waals surface area contributed by atoms with Crippen molar-refractivity contribution in [3.63, 3.8) is 0 Å². The summed E-state index contributed by atoms with van der Waals surface area (Å²) in [6.45, 7) is 0.615. The molecule has 0 radical (unpaired) electrons. The van der Waals surface area contributed by atoms with E-state index in [1.54, 1.807) is 24.4 Å². The van der Waals surface area contributed by atoms with Crippen molar-refractivity contribution in [1.29, 1.82) is 0 Å². The van der Waals surface area contributed by atoms with Crippen molar-refractivity contribution in [3.05, 3.63) is 71.2 Å². The van der Waals surface area contributed by atoms with Crippen LogP contribution in [0.5, 0.6) is 0 Å². The molecule has 0 aliphatic rings. The Hall–Kier alpha value is -2.59. The molecular weight excluding hydrogens is 300 g/mol. The predicted molar refractivity (Wildman–Crippen MR) is 86.3 cm³/mol. The van der Waals surface area contributed by atoms with Crippen LogP contribution in [0.25, 0.3) is 16.7 Å². The zero-order valence-electron chi connectivity index (χ0n) is 11.6. The van der Waals surface area contributed by atoms with E-state index in [0.29, 0.717) is 34.5 Å². The van der Waals surface area contributed by atoms with Gasteiger partial charge in [-0.2, -0.15) is 0 Å². The van der Waals surface area contributed by atoms with E-state index in [4.69, 9.17) is 16.0 Å². The fourth-order valence-electron chi connectivity index (χ4n) is 2.04. The van der Waals surface area contributed by atoms with Crippen molar-refractivity contribution in [1.82, 2.24) is 10.3 Å². The molecule has 22 heavy (non-hydrogen) atoms. The van der Waals surface area contributed by atoms with Gasteiger partial charge in [0.2, 0.25) is 5.89 Å². The summed E-state index contributed by atoms with van der Waals surface area (Å²) in [6.07, 6.45) is 2.32. The minimum absolute atomic E-state index is 0.271. The summed E-state index contributed by atoms with van der Waals surface area (Å²) in [5.41, 5.74) is 2.69. The average Bonchev–Trinajstić information content (AvgIpc) is 2.95. The third-order valence-electron chi connectivity index (χ3n) is 3.13.